The average molecular weight is 264 g/mol. The summed E-state index contributed by atoms with van der Waals surface area (Å²) in [6.45, 7) is 2.52. The van der Waals surface area contributed by atoms with Gasteiger partial charge >= 0.3 is 0 Å². The zero-order chi connectivity index (χ0) is 13.1. The Morgan fingerprint density at radius 1 is 1.17 bits per heavy atom. The number of hydrogen-bond acceptors (Lipinski definition) is 1. The van der Waals surface area contributed by atoms with Gasteiger partial charge < -0.3 is 5.32 Å². The van der Waals surface area contributed by atoms with Crippen LogP contribution in [0.5, 0.6) is 0 Å². The Bertz CT molecular complexity index is 566. The Kier molecular flexibility index (Phi) is 4.00. The van der Waals surface area contributed by atoms with Gasteiger partial charge in [-0.1, -0.05) is 23.7 Å². The molecule has 1 N–H and O–H groups in total. The first-order chi connectivity index (χ1) is 8.61. The van der Waals surface area contributed by atoms with E-state index in [1.165, 1.54) is 6.07 Å². The molecule has 0 spiro atoms. The van der Waals surface area contributed by atoms with E-state index in [1.54, 1.807) is 13.0 Å². The van der Waals surface area contributed by atoms with Crippen molar-refractivity contribution < 1.29 is 4.39 Å². The second kappa shape index (κ2) is 5.51. The minimum absolute atomic E-state index is 0.184. The Morgan fingerprint density at radius 3 is 2.61 bits per heavy atom. The molecule has 0 radical (unpaired) electrons. The lowest BCUT2D eigenvalue weighted by atomic mass is 9.98. The first-order valence-electron chi connectivity index (χ1n) is 5.81. The molecule has 0 heterocycles. The predicted octanol–water partition coefficient (Wildman–Crippen LogP) is 4.17. The lowest BCUT2D eigenvalue weighted by molar-refractivity contribution is 0.619. The number of rotatable bonds is 3. The molecule has 18 heavy (non-hydrogen) atoms. The van der Waals surface area contributed by atoms with Gasteiger partial charge in [0.2, 0.25) is 0 Å². The van der Waals surface area contributed by atoms with Gasteiger partial charge in [0, 0.05) is 11.6 Å². The third-order valence-electron chi connectivity index (χ3n) is 2.91. The fraction of sp³-hybridized carbons (Fsp3) is 0.200. The van der Waals surface area contributed by atoms with E-state index in [9.17, 15) is 4.39 Å². The molecule has 0 aromatic heterocycles. The Balaban J connectivity index is 2.54. The molecular weight excluding hydrogens is 249 g/mol. The molecule has 0 aliphatic heterocycles. The topological polar surface area (TPSA) is 12.0 Å². The number of aryl methyl sites for hydroxylation is 1. The minimum atomic E-state index is -0.184. The van der Waals surface area contributed by atoms with E-state index in [2.05, 4.69) is 5.32 Å². The van der Waals surface area contributed by atoms with E-state index in [1.807, 2.05) is 31.3 Å². The van der Waals surface area contributed by atoms with Gasteiger partial charge in [0.15, 0.2) is 0 Å². The molecule has 0 fully saturated rings. The number of hydrogen-bond donors (Lipinski definition) is 1. The lowest BCUT2D eigenvalue weighted by Crippen LogP contribution is -2.06. The average Bonchev–Trinajstić information content (AvgIpc) is 2.35. The summed E-state index contributed by atoms with van der Waals surface area (Å²) >= 11 is 6.04. The highest BCUT2D eigenvalue weighted by Gasteiger charge is 2.07. The Labute approximate surface area is 112 Å². The summed E-state index contributed by atoms with van der Waals surface area (Å²) in [4.78, 5) is 0. The van der Waals surface area contributed by atoms with E-state index in [4.69, 9.17) is 11.6 Å². The van der Waals surface area contributed by atoms with Gasteiger partial charge in [-0.2, -0.15) is 0 Å². The molecule has 0 saturated heterocycles. The van der Waals surface area contributed by atoms with Crippen LogP contribution in [0, 0.1) is 12.7 Å². The van der Waals surface area contributed by atoms with Crippen molar-refractivity contribution in [3.63, 3.8) is 0 Å². The number of benzene rings is 2. The highest BCUT2D eigenvalue weighted by molar-refractivity contribution is 6.30. The summed E-state index contributed by atoms with van der Waals surface area (Å²) in [5.41, 5.74) is 3.82. The van der Waals surface area contributed by atoms with Crippen molar-refractivity contribution in [2.45, 2.75) is 13.5 Å². The smallest absolute Gasteiger partial charge is 0.126 e. The SMILES string of the molecule is CNCc1ccc(Cl)cc1-c1ccc(F)c(C)c1. The lowest BCUT2D eigenvalue weighted by Gasteiger charge is -2.11. The summed E-state index contributed by atoms with van der Waals surface area (Å²) in [5, 5.41) is 3.81. The summed E-state index contributed by atoms with van der Waals surface area (Å²) in [5.74, 6) is -0.184. The minimum Gasteiger partial charge on any atom is -0.316 e. The standard InChI is InChI=1S/C15H15ClFN/c1-10-7-11(4-6-15(10)17)14-8-13(16)5-3-12(14)9-18-2/h3-8,18H,9H2,1-2H3. The van der Waals surface area contributed by atoms with Crippen LogP contribution in [0.2, 0.25) is 5.02 Å². The maximum absolute atomic E-state index is 13.3. The zero-order valence-electron chi connectivity index (χ0n) is 10.4. The zero-order valence-corrected chi connectivity index (χ0v) is 11.2. The van der Waals surface area contributed by atoms with Crippen LogP contribution >= 0.6 is 11.6 Å². The van der Waals surface area contributed by atoms with Gasteiger partial charge in [0.1, 0.15) is 5.82 Å². The molecule has 2 rings (SSSR count). The third-order valence-corrected chi connectivity index (χ3v) is 3.14. The Hall–Kier alpha value is -1.38. The van der Waals surface area contributed by atoms with Crippen LogP contribution in [0.1, 0.15) is 11.1 Å². The molecule has 3 heteroatoms. The normalized spacial score (nSPS) is 10.7. The summed E-state index contributed by atoms with van der Waals surface area (Å²) in [7, 11) is 1.90. The number of nitrogens with one attached hydrogen (secondary N) is 1. The Morgan fingerprint density at radius 2 is 1.94 bits per heavy atom. The van der Waals surface area contributed by atoms with Crippen molar-refractivity contribution in [3.8, 4) is 11.1 Å². The van der Waals surface area contributed by atoms with Crippen molar-refractivity contribution in [1.82, 2.24) is 5.32 Å². The van der Waals surface area contributed by atoms with Crippen LogP contribution in [-0.4, -0.2) is 7.05 Å². The molecule has 94 valence electrons. The largest absolute Gasteiger partial charge is 0.316 e. The molecule has 0 bridgehead atoms. The van der Waals surface area contributed by atoms with Gasteiger partial charge in [-0.3, -0.25) is 0 Å². The van der Waals surface area contributed by atoms with Crippen molar-refractivity contribution in [2.24, 2.45) is 0 Å². The van der Waals surface area contributed by atoms with Crippen molar-refractivity contribution in [1.29, 1.82) is 0 Å². The van der Waals surface area contributed by atoms with Crippen LogP contribution in [0.15, 0.2) is 36.4 Å². The van der Waals surface area contributed by atoms with Gasteiger partial charge in [0.05, 0.1) is 0 Å². The molecule has 0 atom stereocenters. The predicted molar refractivity (Wildman–Crippen MR) is 74.3 cm³/mol. The van der Waals surface area contributed by atoms with Crippen LogP contribution in [0.3, 0.4) is 0 Å². The van der Waals surface area contributed by atoms with E-state index in [0.29, 0.717) is 10.6 Å². The molecule has 2 aromatic rings. The fourth-order valence-electron chi connectivity index (χ4n) is 1.97. The molecule has 0 saturated carbocycles. The second-order valence-corrected chi connectivity index (χ2v) is 4.73. The number of halogens is 2. The van der Waals surface area contributed by atoms with Crippen LogP contribution < -0.4 is 5.32 Å². The van der Waals surface area contributed by atoms with Gasteiger partial charge in [-0.15, -0.1) is 0 Å². The maximum Gasteiger partial charge on any atom is 0.126 e. The van der Waals surface area contributed by atoms with Crippen molar-refractivity contribution in [3.05, 3.63) is 58.4 Å². The first-order valence-corrected chi connectivity index (χ1v) is 6.19. The quantitative estimate of drug-likeness (QED) is 0.876. The third kappa shape index (κ3) is 2.71. The summed E-state index contributed by atoms with van der Waals surface area (Å²) in [6.07, 6.45) is 0. The van der Waals surface area contributed by atoms with Crippen LogP contribution in [0.25, 0.3) is 11.1 Å². The van der Waals surface area contributed by atoms with E-state index < -0.39 is 0 Å². The maximum atomic E-state index is 13.3. The van der Waals surface area contributed by atoms with Crippen LogP contribution in [0.4, 0.5) is 4.39 Å². The van der Waals surface area contributed by atoms with Crippen molar-refractivity contribution >= 4 is 11.6 Å². The molecule has 0 aliphatic rings. The summed E-state index contributed by atoms with van der Waals surface area (Å²) < 4.78 is 13.3. The molecule has 2 aromatic carbocycles. The highest BCUT2D eigenvalue weighted by atomic mass is 35.5. The van der Waals surface area contributed by atoms with E-state index in [0.717, 1.165) is 23.2 Å². The van der Waals surface area contributed by atoms with Crippen LogP contribution in [-0.2, 0) is 6.54 Å². The second-order valence-electron chi connectivity index (χ2n) is 4.30. The highest BCUT2D eigenvalue weighted by Crippen LogP contribution is 2.28. The molecular formula is C15H15ClFN. The monoisotopic (exact) mass is 263 g/mol. The molecule has 0 amide bonds. The fourth-order valence-corrected chi connectivity index (χ4v) is 2.15. The van der Waals surface area contributed by atoms with Gasteiger partial charge in [-0.25, -0.2) is 4.39 Å². The van der Waals surface area contributed by atoms with E-state index in [-0.39, 0.29) is 5.82 Å². The van der Waals surface area contributed by atoms with Gasteiger partial charge in [-0.05, 0) is 60.5 Å². The van der Waals surface area contributed by atoms with E-state index >= 15 is 0 Å². The van der Waals surface area contributed by atoms with Gasteiger partial charge in [0.25, 0.3) is 0 Å². The molecule has 0 aliphatic carbocycles. The summed E-state index contributed by atoms with van der Waals surface area (Å²) in [6, 6.07) is 10.9. The van der Waals surface area contributed by atoms with Crippen molar-refractivity contribution in [2.75, 3.05) is 7.05 Å². The molecule has 0 unspecified atom stereocenters. The molecule has 1 nitrogen and oxygen atoms in total. The first kappa shape index (κ1) is 13.1.